The summed E-state index contributed by atoms with van der Waals surface area (Å²) in [5.41, 5.74) is 2.85. The summed E-state index contributed by atoms with van der Waals surface area (Å²) >= 11 is 3.98. The number of hydrogen-bond acceptors (Lipinski definition) is 3. The Labute approximate surface area is 194 Å². The Morgan fingerprint density at radius 2 is 0.935 bits per heavy atom. The number of hydrogen-bond donors (Lipinski definition) is 0. The monoisotopic (exact) mass is 446 g/mol. The molecule has 0 aliphatic carbocycles. The van der Waals surface area contributed by atoms with Crippen LogP contribution < -0.4 is 0 Å². The average molecular weight is 447 g/mol. The van der Waals surface area contributed by atoms with Crippen molar-refractivity contribution in [3.8, 4) is 0 Å². The van der Waals surface area contributed by atoms with Gasteiger partial charge in [-0.15, -0.1) is 0 Å². The van der Waals surface area contributed by atoms with Crippen LogP contribution in [0.1, 0.15) is 11.1 Å². The van der Waals surface area contributed by atoms with Crippen molar-refractivity contribution in [3.63, 3.8) is 0 Å². The van der Waals surface area contributed by atoms with Gasteiger partial charge < -0.3 is 4.74 Å². The van der Waals surface area contributed by atoms with E-state index in [0.717, 1.165) is 49.1 Å². The lowest BCUT2D eigenvalue weighted by Crippen LogP contribution is -2.03. The van der Waals surface area contributed by atoms with Crippen molar-refractivity contribution < 1.29 is 4.74 Å². The van der Waals surface area contributed by atoms with E-state index in [4.69, 9.17) is 4.74 Å². The highest BCUT2D eigenvalue weighted by Crippen LogP contribution is 2.18. The molecule has 0 aliphatic heterocycles. The molecule has 0 aliphatic rings. The lowest BCUT2D eigenvalue weighted by Gasteiger charge is -2.06. The maximum absolute atomic E-state index is 5.81. The highest BCUT2D eigenvalue weighted by Gasteiger charge is 1.99. The van der Waals surface area contributed by atoms with Gasteiger partial charge in [0.05, 0.1) is 13.2 Å². The molecule has 1 nitrogen and oxygen atoms in total. The third-order valence-corrected chi connectivity index (χ3v) is 7.34. The third-order valence-electron chi connectivity index (χ3n) is 5.44. The Morgan fingerprint density at radius 1 is 0.484 bits per heavy atom. The van der Waals surface area contributed by atoms with Crippen LogP contribution in [-0.4, -0.2) is 36.2 Å². The Morgan fingerprint density at radius 3 is 1.42 bits per heavy atom. The van der Waals surface area contributed by atoms with Crippen LogP contribution in [0.2, 0.25) is 0 Å². The molecule has 0 saturated carbocycles. The van der Waals surface area contributed by atoms with Crippen LogP contribution in [0.3, 0.4) is 0 Å². The molecule has 0 atom stereocenters. The number of thioether (sulfide) groups is 2. The first-order chi connectivity index (χ1) is 15.4. The fourth-order valence-electron chi connectivity index (χ4n) is 3.71. The summed E-state index contributed by atoms with van der Waals surface area (Å²) in [7, 11) is 0. The van der Waals surface area contributed by atoms with Gasteiger partial charge in [-0.3, -0.25) is 0 Å². The van der Waals surface area contributed by atoms with Gasteiger partial charge >= 0.3 is 0 Å². The normalized spacial score (nSPS) is 11.4. The lowest BCUT2D eigenvalue weighted by atomic mass is 10.1. The molecule has 0 amide bonds. The van der Waals surface area contributed by atoms with Crippen molar-refractivity contribution >= 4 is 45.1 Å². The predicted octanol–water partition coefficient (Wildman–Crippen LogP) is 7.26. The molecule has 4 aromatic carbocycles. The maximum Gasteiger partial charge on any atom is 0.0557 e. The highest BCUT2D eigenvalue weighted by molar-refractivity contribution is 7.99. The molecule has 0 radical (unpaired) electrons. The molecular formula is C28H30OS2. The van der Waals surface area contributed by atoms with Gasteiger partial charge in [-0.25, -0.2) is 0 Å². The van der Waals surface area contributed by atoms with E-state index >= 15 is 0 Å². The molecule has 0 N–H and O–H groups in total. The van der Waals surface area contributed by atoms with Crippen molar-refractivity contribution in [2.75, 3.05) is 36.2 Å². The second-order valence-corrected chi connectivity index (χ2v) is 10.1. The molecular weight excluding hydrogens is 416 g/mol. The predicted molar refractivity (Wildman–Crippen MR) is 141 cm³/mol. The minimum absolute atomic E-state index is 0.855. The average Bonchev–Trinajstić information content (AvgIpc) is 2.82. The summed E-state index contributed by atoms with van der Waals surface area (Å²) in [6.45, 7) is 1.71. The topological polar surface area (TPSA) is 9.23 Å². The largest absolute Gasteiger partial charge is 0.380 e. The molecule has 4 rings (SSSR count). The standard InChI is InChI=1S/C28H30OS2/c1-3-7-27-21-23(9-11-25(27)5-1)13-17-30-19-15-29-16-20-31-18-14-24-10-12-26-6-2-4-8-28(26)22-24/h1-12,21-22H,13-20H2. The van der Waals surface area contributed by atoms with Gasteiger partial charge in [0, 0.05) is 11.5 Å². The van der Waals surface area contributed by atoms with Crippen LogP contribution in [0.25, 0.3) is 21.5 Å². The van der Waals surface area contributed by atoms with Crippen LogP contribution in [0, 0.1) is 0 Å². The molecule has 3 heteroatoms. The molecule has 0 aromatic heterocycles. The fourth-order valence-corrected chi connectivity index (χ4v) is 5.35. The Balaban J connectivity index is 1.02. The van der Waals surface area contributed by atoms with Crippen molar-refractivity contribution in [3.05, 3.63) is 96.1 Å². The first kappa shape index (κ1) is 22.3. The molecule has 0 bridgehead atoms. The van der Waals surface area contributed by atoms with Crippen molar-refractivity contribution in [2.45, 2.75) is 12.8 Å². The van der Waals surface area contributed by atoms with E-state index in [0.29, 0.717) is 0 Å². The summed E-state index contributed by atoms with van der Waals surface area (Å²) < 4.78 is 5.81. The summed E-state index contributed by atoms with van der Waals surface area (Å²) in [4.78, 5) is 0. The summed E-state index contributed by atoms with van der Waals surface area (Å²) in [6, 6.07) is 30.8. The Hall–Kier alpha value is -1.94. The Bertz CT molecular complexity index is 1000. The second-order valence-electron chi connectivity index (χ2n) is 7.70. The number of benzene rings is 4. The van der Waals surface area contributed by atoms with Gasteiger partial charge in [0.25, 0.3) is 0 Å². The van der Waals surface area contributed by atoms with Crippen molar-refractivity contribution in [1.29, 1.82) is 0 Å². The maximum atomic E-state index is 5.81. The van der Waals surface area contributed by atoms with Crippen molar-refractivity contribution in [2.24, 2.45) is 0 Å². The van der Waals surface area contributed by atoms with Gasteiger partial charge in [-0.1, -0.05) is 84.9 Å². The molecule has 0 heterocycles. The molecule has 0 spiro atoms. The van der Waals surface area contributed by atoms with Gasteiger partial charge in [0.1, 0.15) is 0 Å². The highest BCUT2D eigenvalue weighted by atomic mass is 32.2. The third kappa shape index (κ3) is 7.03. The van der Waals surface area contributed by atoms with Crippen LogP contribution >= 0.6 is 23.5 Å². The molecule has 31 heavy (non-hydrogen) atoms. The quantitative estimate of drug-likeness (QED) is 0.212. The van der Waals surface area contributed by atoms with Crippen LogP contribution in [0.4, 0.5) is 0 Å². The van der Waals surface area contributed by atoms with Gasteiger partial charge in [0.15, 0.2) is 0 Å². The minimum atomic E-state index is 0.855. The van der Waals surface area contributed by atoms with Gasteiger partial charge in [-0.05, 0) is 57.0 Å². The van der Waals surface area contributed by atoms with Crippen LogP contribution in [0.5, 0.6) is 0 Å². The smallest absolute Gasteiger partial charge is 0.0557 e. The lowest BCUT2D eigenvalue weighted by molar-refractivity contribution is 0.167. The van der Waals surface area contributed by atoms with Crippen molar-refractivity contribution in [1.82, 2.24) is 0 Å². The number of rotatable bonds is 12. The minimum Gasteiger partial charge on any atom is -0.380 e. The zero-order valence-corrected chi connectivity index (χ0v) is 19.6. The van der Waals surface area contributed by atoms with Gasteiger partial charge in [0.2, 0.25) is 0 Å². The van der Waals surface area contributed by atoms with Crippen LogP contribution in [-0.2, 0) is 17.6 Å². The Kier molecular flexibility index (Phi) is 8.75. The van der Waals surface area contributed by atoms with E-state index in [-0.39, 0.29) is 0 Å². The number of fused-ring (bicyclic) bond motifs is 2. The van der Waals surface area contributed by atoms with E-state index in [9.17, 15) is 0 Å². The molecule has 0 unspecified atom stereocenters. The van der Waals surface area contributed by atoms with E-state index in [2.05, 4.69) is 84.9 Å². The molecule has 4 aromatic rings. The molecule has 0 saturated heterocycles. The van der Waals surface area contributed by atoms with E-state index in [1.807, 2.05) is 23.5 Å². The summed E-state index contributed by atoms with van der Waals surface area (Å²) in [6.07, 6.45) is 2.25. The van der Waals surface area contributed by atoms with Crippen LogP contribution in [0.15, 0.2) is 84.9 Å². The molecule has 0 fully saturated rings. The van der Waals surface area contributed by atoms with E-state index < -0.39 is 0 Å². The first-order valence-corrected chi connectivity index (χ1v) is 13.4. The van der Waals surface area contributed by atoms with E-state index in [1.54, 1.807) is 0 Å². The number of ether oxygens (including phenoxy) is 1. The zero-order chi connectivity index (χ0) is 21.1. The second kappa shape index (κ2) is 12.2. The summed E-state index contributed by atoms with van der Waals surface area (Å²) in [5.74, 6) is 4.47. The SMILES string of the molecule is c1ccc2cc(CCSCCOCCSCCc3ccc4ccccc4c3)ccc2c1. The fraction of sp³-hybridized carbons (Fsp3) is 0.286. The molecule has 160 valence electrons. The number of aryl methyl sites for hydroxylation is 2. The zero-order valence-electron chi connectivity index (χ0n) is 18.0. The van der Waals surface area contributed by atoms with Gasteiger partial charge in [-0.2, -0.15) is 23.5 Å². The first-order valence-electron chi connectivity index (χ1n) is 11.1. The van der Waals surface area contributed by atoms with E-state index in [1.165, 1.54) is 32.7 Å². The summed E-state index contributed by atoms with van der Waals surface area (Å²) in [5, 5.41) is 5.32.